The third-order valence-electron chi connectivity index (χ3n) is 2.78. The van der Waals surface area contributed by atoms with Crippen molar-refractivity contribution in [3.63, 3.8) is 0 Å². The fourth-order valence-electron chi connectivity index (χ4n) is 1.59. The Morgan fingerprint density at radius 3 is 2.61 bits per heavy atom. The Bertz CT molecular complexity index is 415. The van der Waals surface area contributed by atoms with Crippen molar-refractivity contribution in [1.29, 1.82) is 0 Å². The third kappa shape index (κ3) is 3.45. The predicted molar refractivity (Wildman–Crippen MR) is 74.0 cm³/mol. The average molecular weight is 251 g/mol. The van der Waals surface area contributed by atoms with Crippen LogP contribution in [-0.2, 0) is 9.53 Å². The van der Waals surface area contributed by atoms with Crippen LogP contribution in [0.25, 0.3) is 0 Å². The summed E-state index contributed by atoms with van der Waals surface area (Å²) in [6.07, 6.45) is -0.613. The van der Waals surface area contributed by atoms with Gasteiger partial charge in [-0.05, 0) is 30.7 Å². The number of rotatable bonds is 5. The second kappa shape index (κ2) is 6.37. The van der Waals surface area contributed by atoms with Gasteiger partial charge in [0.05, 0.1) is 0 Å². The Kier molecular flexibility index (Phi) is 5.12. The first-order valence-electron chi connectivity index (χ1n) is 5.81. The minimum Gasteiger partial charge on any atom is -0.378 e. The maximum atomic E-state index is 11.8. The lowest BCUT2D eigenvalue weighted by Crippen LogP contribution is -2.36. The number of methoxy groups -OCH3 is 1. The van der Waals surface area contributed by atoms with Gasteiger partial charge in [-0.3, -0.25) is 4.79 Å². The van der Waals surface area contributed by atoms with Crippen LogP contribution >= 0.6 is 0 Å². The molecule has 0 saturated carbocycles. The molecular weight excluding hydrogens is 230 g/mol. The predicted octanol–water partition coefficient (Wildman–Crippen LogP) is 0.973. The zero-order valence-electron chi connectivity index (χ0n) is 11.4. The lowest BCUT2D eigenvalue weighted by molar-refractivity contribution is -0.125. The summed E-state index contributed by atoms with van der Waals surface area (Å²) in [7, 11) is 5.42. The van der Waals surface area contributed by atoms with E-state index >= 15 is 0 Å². The second-order valence-electron chi connectivity index (χ2n) is 4.34. The van der Waals surface area contributed by atoms with Gasteiger partial charge in [-0.2, -0.15) is 0 Å². The van der Waals surface area contributed by atoms with Crippen LogP contribution in [0.3, 0.4) is 0 Å². The lowest BCUT2D eigenvalue weighted by Gasteiger charge is -2.17. The molecule has 5 nitrogen and oxygen atoms in total. The number of anilines is 2. The number of nitrogens with zero attached hydrogens (tertiary/aromatic N) is 1. The SMILES string of the molecule is COC(CN)C(=O)Nc1ccc(N(C)C)cc1C. The van der Waals surface area contributed by atoms with Crippen molar-refractivity contribution >= 4 is 17.3 Å². The van der Waals surface area contributed by atoms with Gasteiger partial charge in [0.15, 0.2) is 0 Å². The molecule has 0 saturated heterocycles. The summed E-state index contributed by atoms with van der Waals surface area (Å²) in [6, 6.07) is 5.85. The topological polar surface area (TPSA) is 67.6 Å². The van der Waals surface area contributed by atoms with Crippen LogP contribution < -0.4 is 16.0 Å². The lowest BCUT2D eigenvalue weighted by atomic mass is 10.1. The van der Waals surface area contributed by atoms with E-state index in [1.165, 1.54) is 7.11 Å². The molecular formula is C13H21N3O2. The van der Waals surface area contributed by atoms with Crippen LogP contribution in [0.1, 0.15) is 5.56 Å². The highest BCUT2D eigenvalue weighted by Crippen LogP contribution is 2.21. The van der Waals surface area contributed by atoms with Crippen molar-refractivity contribution in [1.82, 2.24) is 0 Å². The molecule has 0 spiro atoms. The number of carbonyl (C=O) groups is 1. The van der Waals surface area contributed by atoms with Crippen molar-refractivity contribution in [3.8, 4) is 0 Å². The molecule has 1 unspecified atom stereocenters. The molecule has 1 aromatic carbocycles. The monoisotopic (exact) mass is 251 g/mol. The number of hydrogen-bond acceptors (Lipinski definition) is 4. The van der Waals surface area contributed by atoms with E-state index in [0.29, 0.717) is 0 Å². The fourth-order valence-corrected chi connectivity index (χ4v) is 1.59. The van der Waals surface area contributed by atoms with Crippen LogP contribution in [0.15, 0.2) is 18.2 Å². The molecule has 0 radical (unpaired) electrons. The average Bonchev–Trinajstić information content (AvgIpc) is 2.33. The summed E-state index contributed by atoms with van der Waals surface area (Å²) < 4.78 is 4.99. The quantitative estimate of drug-likeness (QED) is 0.818. The molecule has 100 valence electrons. The molecule has 0 aliphatic rings. The van der Waals surface area contributed by atoms with Crippen LogP contribution in [0, 0.1) is 6.92 Å². The Morgan fingerprint density at radius 2 is 2.17 bits per heavy atom. The van der Waals surface area contributed by atoms with Crippen LogP contribution in [0.2, 0.25) is 0 Å². The fraction of sp³-hybridized carbons (Fsp3) is 0.462. The van der Waals surface area contributed by atoms with Crippen molar-refractivity contribution in [2.45, 2.75) is 13.0 Å². The highest BCUT2D eigenvalue weighted by atomic mass is 16.5. The first-order valence-corrected chi connectivity index (χ1v) is 5.81. The summed E-state index contributed by atoms with van der Waals surface area (Å²) in [5.74, 6) is -0.222. The number of amides is 1. The van der Waals surface area contributed by atoms with Gasteiger partial charge >= 0.3 is 0 Å². The molecule has 18 heavy (non-hydrogen) atoms. The van der Waals surface area contributed by atoms with Gasteiger partial charge in [0.25, 0.3) is 5.91 Å². The van der Waals surface area contributed by atoms with Crippen LogP contribution in [0.4, 0.5) is 11.4 Å². The molecule has 1 amide bonds. The third-order valence-corrected chi connectivity index (χ3v) is 2.78. The maximum absolute atomic E-state index is 11.8. The highest BCUT2D eigenvalue weighted by Gasteiger charge is 2.16. The number of ether oxygens (including phenoxy) is 1. The smallest absolute Gasteiger partial charge is 0.254 e. The first kappa shape index (κ1) is 14.5. The Balaban J connectivity index is 2.82. The number of benzene rings is 1. The molecule has 1 rings (SSSR count). The normalized spacial score (nSPS) is 12.1. The van der Waals surface area contributed by atoms with Gasteiger partial charge in [-0.25, -0.2) is 0 Å². The van der Waals surface area contributed by atoms with Gasteiger partial charge in [0.1, 0.15) is 6.10 Å². The summed E-state index contributed by atoms with van der Waals surface area (Å²) in [5.41, 5.74) is 8.32. The van der Waals surface area contributed by atoms with Gasteiger partial charge in [-0.1, -0.05) is 0 Å². The standard InChI is InChI=1S/C13H21N3O2/c1-9-7-10(16(2)3)5-6-11(9)15-13(17)12(8-14)18-4/h5-7,12H,8,14H2,1-4H3,(H,15,17). The molecule has 3 N–H and O–H groups in total. The largest absolute Gasteiger partial charge is 0.378 e. The van der Waals surface area contributed by atoms with Gasteiger partial charge in [0.2, 0.25) is 0 Å². The van der Waals surface area contributed by atoms with E-state index in [1.54, 1.807) is 0 Å². The molecule has 0 fully saturated rings. The van der Waals surface area contributed by atoms with Gasteiger partial charge in [0, 0.05) is 39.1 Å². The number of aryl methyl sites for hydroxylation is 1. The minimum absolute atomic E-state index is 0.164. The van der Waals surface area contributed by atoms with Crippen molar-refractivity contribution in [2.75, 3.05) is 38.0 Å². The summed E-state index contributed by atoms with van der Waals surface area (Å²) in [6.45, 7) is 2.12. The van der Waals surface area contributed by atoms with Crippen molar-refractivity contribution in [2.24, 2.45) is 5.73 Å². The minimum atomic E-state index is -0.613. The Hall–Kier alpha value is -1.59. The Morgan fingerprint density at radius 1 is 1.50 bits per heavy atom. The van der Waals surface area contributed by atoms with E-state index in [2.05, 4.69) is 5.32 Å². The van der Waals surface area contributed by atoms with Crippen molar-refractivity contribution in [3.05, 3.63) is 23.8 Å². The van der Waals surface area contributed by atoms with E-state index in [1.807, 2.05) is 44.1 Å². The molecule has 0 bridgehead atoms. The molecule has 0 aliphatic heterocycles. The summed E-state index contributed by atoms with van der Waals surface area (Å²) in [5, 5.41) is 2.82. The number of nitrogens with one attached hydrogen (secondary N) is 1. The number of nitrogens with two attached hydrogens (primary N) is 1. The first-order chi connectivity index (χ1) is 8.49. The Labute approximate surface area is 108 Å². The van der Waals surface area contributed by atoms with Crippen LogP contribution in [0.5, 0.6) is 0 Å². The van der Waals surface area contributed by atoms with Crippen LogP contribution in [-0.4, -0.2) is 39.8 Å². The molecule has 1 aromatic rings. The highest BCUT2D eigenvalue weighted by molar-refractivity contribution is 5.95. The molecule has 1 atom stereocenters. The van der Waals surface area contributed by atoms with E-state index < -0.39 is 6.10 Å². The second-order valence-corrected chi connectivity index (χ2v) is 4.34. The van der Waals surface area contributed by atoms with E-state index in [-0.39, 0.29) is 12.5 Å². The molecule has 5 heteroatoms. The van der Waals surface area contributed by atoms with Gasteiger partial charge in [-0.15, -0.1) is 0 Å². The number of hydrogen-bond donors (Lipinski definition) is 2. The van der Waals surface area contributed by atoms with E-state index in [4.69, 9.17) is 10.5 Å². The maximum Gasteiger partial charge on any atom is 0.254 e. The van der Waals surface area contributed by atoms with Crippen molar-refractivity contribution < 1.29 is 9.53 Å². The molecule has 0 heterocycles. The van der Waals surface area contributed by atoms with Gasteiger partial charge < -0.3 is 20.7 Å². The zero-order chi connectivity index (χ0) is 13.7. The van der Waals surface area contributed by atoms with E-state index in [9.17, 15) is 4.79 Å². The van der Waals surface area contributed by atoms with E-state index in [0.717, 1.165) is 16.9 Å². The number of carbonyl (C=O) groups excluding carboxylic acids is 1. The molecule has 0 aromatic heterocycles. The summed E-state index contributed by atoms with van der Waals surface area (Å²) >= 11 is 0. The zero-order valence-corrected chi connectivity index (χ0v) is 11.4. The molecule has 0 aliphatic carbocycles. The summed E-state index contributed by atoms with van der Waals surface area (Å²) in [4.78, 5) is 13.8.